The third-order valence-corrected chi connectivity index (χ3v) is 6.16. The monoisotopic (exact) mass is 438 g/mol. The van der Waals surface area contributed by atoms with Crippen molar-refractivity contribution >= 4 is 15.8 Å². The number of aromatic nitrogens is 3. The van der Waals surface area contributed by atoms with Crippen molar-refractivity contribution < 1.29 is 26.3 Å². The van der Waals surface area contributed by atoms with E-state index in [1.807, 2.05) is 4.90 Å². The average Bonchev–Trinajstić information content (AvgIpc) is 3.21. The first-order valence-corrected chi connectivity index (χ1v) is 10.5. The SMILES string of the molecule is O=S(=O)(c1cccc(C(F)(F)F)c1)n1cc(-c2ccccn2)c(N2CCOCC2)n1. The summed E-state index contributed by atoms with van der Waals surface area (Å²) >= 11 is 0. The summed E-state index contributed by atoms with van der Waals surface area (Å²) in [5.74, 6) is 0.382. The van der Waals surface area contributed by atoms with Crippen LogP contribution in [0.5, 0.6) is 0 Å². The summed E-state index contributed by atoms with van der Waals surface area (Å²) in [6, 6.07) is 8.78. The highest BCUT2D eigenvalue weighted by molar-refractivity contribution is 7.89. The van der Waals surface area contributed by atoms with E-state index in [1.54, 1.807) is 24.4 Å². The summed E-state index contributed by atoms with van der Waals surface area (Å²) in [5.41, 5.74) is -0.0772. The van der Waals surface area contributed by atoms with Crippen molar-refractivity contribution in [2.24, 2.45) is 0 Å². The van der Waals surface area contributed by atoms with Crippen LogP contribution in [0.1, 0.15) is 5.56 Å². The fraction of sp³-hybridized carbons (Fsp3) is 0.263. The molecule has 1 aliphatic rings. The van der Waals surface area contributed by atoms with Gasteiger partial charge in [0.1, 0.15) is 0 Å². The van der Waals surface area contributed by atoms with Crippen molar-refractivity contribution in [3.63, 3.8) is 0 Å². The number of rotatable bonds is 4. The van der Waals surface area contributed by atoms with E-state index in [2.05, 4.69) is 10.1 Å². The van der Waals surface area contributed by atoms with Crippen LogP contribution in [0.15, 0.2) is 59.8 Å². The highest BCUT2D eigenvalue weighted by atomic mass is 32.2. The van der Waals surface area contributed by atoms with Gasteiger partial charge in [-0.2, -0.15) is 25.7 Å². The zero-order valence-corrected chi connectivity index (χ0v) is 16.4. The Balaban J connectivity index is 1.82. The highest BCUT2D eigenvalue weighted by Crippen LogP contribution is 2.33. The van der Waals surface area contributed by atoms with Crippen molar-refractivity contribution in [1.29, 1.82) is 0 Å². The first kappa shape index (κ1) is 20.4. The second-order valence-corrected chi connectivity index (χ2v) is 8.38. The number of anilines is 1. The predicted octanol–water partition coefficient (Wildman–Crippen LogP) is 3.04. The molecule has 0 radical (unpaired) electrons. The van der Waals surface area contributed by atoms with Gasteiger partial charge in [-0.15, -0.1) is 5.10 Å². The second-order valence-electron chi connectivity index (χ2n) is 6.58. The molecule has 1 saturated heterocycles. The van der Waals surface area contributed by atoms with Gasteiger partial charge in [-0.25, -0.2) is 0 Å². The molecule has 0 aliphatic carbocycles. The summed E-state index contributed by atoms with van der Waals surface area (Å²) in [5, 5.41) is 4.23. The van der Waals surface area contributed by atoms with Gasteiger partial charge in [0.15, 0.2) is 5.82 Å². The normalized spacial score (nSPS) is 15.4. The predicted molar refractivity (Wildman–Crippen MR) is 103 cm³/mol. The van der Waals surface area contributed by atoms with Crippen LogP contribution in [0.3, 0.4) is 0 Å². The van der Waals surface area contributed by atoms with E-state index < -0.39 is 26.7 Å². The lowest BCUT2D eigenvalue weighted by Gasteiger charge is -2.27. The number of ether oxygens (including phenoxy) is 1. The zero-order valence-electron chi connectivity index (χ0n) is 15.6. The molecule has 7 nitrogen and oxygen atoms in total. The Hall–Kier alpha value is -2.92. The maximum absolute atomic E-state index is 13.1. The number of morpholine rings is 1. The van der Waals surface area contributed by atoms with Gasteiger partial charge in [-0.05, 0) is 30.3 Å². The minimum absolute atomic E-state index is 0.382. The lowest BCUT2D eigenvalue weighted by molar-refractivity contribution is -0.137. The third-order valence-electron chi connectivity index (χ3n) is 4.63. The summed E-state index contributed by atoms with van der Waals surface area (Å²) in [6.07, 6.45) is -1.81. The number of hydrogen-bond acceptors (Lipinski definition) is 6. The van der Waals surface area contributed by atoms with Gasteiger partial charge in [0, 0.05) is 19.3 Å². The van der Waals surface area contributed by atoms with Crippen LogP contribution in [-0.4, -0.2) is 48.9 Å². The van der Waals surface area contributed by atoms with E-state index >= 15 is 0 Å². The number of halogens is 3. The van der Waals surface area contributed by atoms with Gasteiger partial charge < -0.3 is 9.64 Å². The summed E-state index contributed by atoms with van der Waals surface area (Å²) in [6.45, 7) is 1.91. The second kappa shape index (κ2) is 7.73. The van der Waals surface area contributed by atoms with E-state index in [-0.39, 0.29) is 0 Å². The molecule has 0 bridgehead atoms. The molecule has 0 atom stereocenters. The van der Waals surface area contributed by atoms with Crippen LogP contribution in [0.2, 0.25) is 0 Å². The molecule has 30 heavy (non-hydrogen) atoms. The van der Waals surface area contributed by atoms with Crippen LogP contribution < -0.4 is 4.90 Å². The van der Waals surface area contributed by atoms with E-state index in [1.165, 1.54) is 6.20 Å². The quantitative estimate of drug-likeness (QED) is 0.623. The van der Waals surface area contributed by atoms with E-state index in [0.29, 0.717) is 53.5 Å². The number of benzene rings is 1. The minimum Gasteiger partial charge on any atom is -0.378 e. The zero-order chi connectivity index (χ0) is 21.4. The Morgan fingerprint density at radius 3 is 2.47 bits per heavy atom. The third kappa shape index (κ3) is 3.90. The van der Waals surface area contributed by atoms with Crippen LogP contribution >= 0.6 is 0 Å². The topological polar surface area (TPSA) is 77.3 Å². The number of hydrogen-bond donors (Lipinski definition) is 0. The molecule has 2 aromatic heterocycles. The van der Waals surface area contributed by atoms with Gasteiger partial charge in [0.25, 0.3) is 10.0 Å². The molecule has 11 heteroatoms. The van der Waals surface area contributed by atoms with E-state index in [0.717, 1.165) is 18.2 Å². The van der Waals surface area contributed by atoms with Crippen molar-refractivity contribution in [3.05, 3.63) is 60.4 Å². The molecule has 0 unspecified atom stereocenters. The fourth-order valence-electron chi connectivity index (χ4n) is 3.12. The maximum atomic E-state index is 13.1. The molecular weight excluding hydrogens is 421 g/mol. The Bertz CT molecular complexity index is 1140. The van der Waals surface area contributed by atoms with E-state index in [4.69, 9.17) is 4.74 Å². The molecule has 0 amide bonds. The number of alkyl halides is 3. The van der Waals surface area contributed by atoms with Gasteiger partial charge in [-0.1, -0.05) is 12.1 Å². The lowest BCUT2D eigenvalue weighted by Crippen LogP contribution is -2.37. The van der Waals surface area contributed by atoms with Crippen molar-refractivity contribution in [3.8, 4) is 11.3 Å². The summed E-state index contributed by atoms with van der Waals surface area (Å²) in [4.78, 5) is 5.63. The molecule has 3 heterocycles. The summed E-state index contributed by atoms with van der Waals surface area (Å²) in [7, 11) is -4.35. The maximum Gasteiger partial charge on any atom is 0.416 e. The number of pyridine rings is 1. The Labute approximate surface area is 170 Å². The summed E-state index contributed by atoms with van der Waals surface area (Å²) < 4.78 is 71.3. The lowest BCUT2D eigenvalue weighted by atomic mass is 10.2. The largest absolute Gasteiger partial charge is 0.416 e. The van der Waals surface area contributed by atoms with E-state index in [9.17, 15) is 21.6 Å². The van der Waals surface area contributed by atoms with Crippen molar-refractivity contribution in [2.45, 2.75) is 11.1 Å². The first-order chi connectivity index (χ1) is 14.3. The smallest absolute Gasteiger partial charge is 0.378 e. The Kier molecular flexibility index (Phi) is 5.24. The van der Waals surface area contributed by atoms with Gasteiger partial charge in [0.05, 0.1) is 41.1 Å². The Morgan fingerprint density at radius 2 is 1.80 bits per heavy atom. The van der Waals surface area contributed by atoms with Crippen LogP contribution in [0.4, 0.5) is 19.0 Å². The van der Waals surface area contributed by atoms with Gasteiger partial charge >= 0.3 is 6.18 Å². The Morgan fingerprint density at radius 1 is 1.03 bits per heavy atom. The molecule has 0 spiro atoms. The standard InChI is InChI=1S/C19H17F3N4O3S/c20-19(21,22)14-4-3-5-15(12-14)30(27,28)26-13-16(17-6-1-2-7-23-17)18(24-26)25-8-10-29-11-9-25/h1-7,12-13H,8-11H2. The average molecular weight is 438 g/mol. The van der Waals surface area contributed by atoms with Gasteiger partial charge in [0.2, 0.25) is 0 Å². The number of nitrogens with zero attached hydrogens (tertiary/aromatic N) is 4. The molecule has 1 fully saturated rings. The molecule has 4 rings (SSSR count). The first-order valence-electron chi connectivity index (χ1n) is 9.03. The van der Waals surface area contributed by atoms with Crippen molar-refractivity contribution in [1.82, 2.24) is 14.2 Å². The van der Waals surface area contributed by atoms with Crippen LogP contribution in [0, 0.1) is 0 Å². The van der Waals surface area contributed by atoms with Crippen LogP contribution in [-0.2, 0) is 20.9 Å². The molecule has 0 saturated carbocycles. The molecule has 0 N–H and O–H groups in total. The fourth-order valence-corrected chi connectivity index (χ4v) is 4.29. The van der Waals surface area contributed by atoms with Crippen molar-refractivity contribution in [2.75, 3.05) is 31.2 Å². The molecular formula is C19H17F3N4O3S. The molecule has 158 valence electrons. The van der Waals surface area contributed by atoms with Crippen LogP contribution in [0.25, 0.3) is 11.3 Å². The molecule has 1 aliphatic heterocycles. The highest BCUT2D eigenvalue weighted by Gasteiger charge is 2.32. The molecule has 3 aromatic rings. The van der Waals surface area contributed by atoms with Gasteiger partial charge in [-0.3, -0.25) is 4.98 Å². The molecule has 1 aromatic carbocycles. The minimum atomic E-state index is -4.66.